The number of esters is 2. The van der Waals surface area contributed by atoms with Crippen LogP contribution in [0.15, 0.2) is 0 Å². The number of hydrogen-bond acceptors (Lipinski definition) is 14. The Morgan fingerprint density at radius 3 is 1.99 bits per heavy atom. The number of nitrogens with zero attached hydrogens (tertiary/aromatic N) is 4. The van der Waals surface area contributed by atoms with Gasteiger partial charge in [0.05, 0.1) is 24.5 Å². The Kier molecular flexibility index (Phi) is 24.6. The predicted molar refractivity (Wildman–Crippen MR) is 278 cm³/mol. The van der Waals surface area contributed by atoms with Crippen LogP contribution in [0.5, 0.6) is 0 Å². The molecule has 21 heteroatoms. The summed E-state index contributed by atoms with van der Waals surface area (Å²) in [6.07, 6.45) is -3.81. The van der Waals surface area contributed by atoms with E-state index >= 15 is 0 Å². The number of hydrogen-bond donors (Lipinski definition) is 5. The quantitative estimate of drug-likeness (QED) is 0.117. The summed E-state index contributed by atoms with van der Waals surface area (Å²) in [6, 6.07) is -8.54. The number of carbonyl (C=O) groups is 10. The first kappa shape index (κ1) is 64.1. The summed E-state index contributed by atoms with van der Waals surface area (Å²) in [5.74, 6) is -10.6. The van der Waals surface area contributed by atoms with Crippen LogP contribution in [0.3, 0.4) is 0 Å². The molecule has 0 aromatic carbocycles. The van der Waals surface area contributed by atoms with Gasteiger partial charge in [0, 0.05) is 27.2 Å². The number of amides is 7. The zero-order valence-corrected chi connectivity index (χ0v) is 47.4. The molecule has 3 fully saturated rings. The molecule has 3 heterocycles. The van der Waals surface area contributed by atoms with E-state index in [0.717, 1.165) is 0 Å². The van der Waals surface area contributed by atoms with Crippen molar-refractivity contribution in [3.63, 3.8) is 0 Å². The highest BCUT2D eigenvalue weighted by Gasteiger charge is 2.46. The minimum Gasteiger partial charge on any atom is -0.458 e. The number of fused-ring (bicyclic) bond motifs is 1. The molecule has 426 valence electrons. The van der Waals surface area contributed by atoms with Gasteiger partial charge in [-0.2, -0.15) is 0 Å². The van der Waals surface area contributed by atoms with Crippen LogP contribution < -0.4 is 16.0 Å². The first-order valence-corrected chi connectivity index (χ1v) is 27.3. The van der Waals surface area contributed by atoms with Gasteiger partial charge >= 0.3 is 11.9 Å². The summed E-state index contributed by atoms with van der Waals surface area (Å²) < 4.78 is 11.8. The SMILES string of the molecule is CCCC(C)C1NC(=O)C(NC(=O)C(CC(C)C)N(C)C(=O)C2CCCN2C(=O)C(C)O)C(C)OC(=O)C(CC(C)C)N(C)C(=O)C2CCCN2C(=O)C(CC(C)C)NC(=O)C(C)C(=O)C(C(C)C)OC(=O)CC1O. The topological polar surface area (TPSA) is 279 Å². The van der Waals surface area contributed by atoms with Crippen molar-refractivity contribution in [1.82, 2.24) is 35.6 Å². The summed E-state index contributed by atoms with van der Waals surface area (Å²) in [5.41, 5.74) is 0. The van der Waals surface area contributed by atoms with Gasteiger partial charge in [0.1, 0.15) is 48.5 Å². The van der Waals surface area contributed by atoms with E-state index in [0.29, 0.717) is 25.7 Å². The van der Waals surface area contributed by atoms with Crippen LogP contribution in [-0.4, -0.2) is 183 Å². The Labute approximate surface area is 444 Å². The van der Waals surface area contributed by atoms with Crippen molar-refractivity contribution < 1.29 is 67.6 Å². The van der Waals surface area contributed by atoms with Gasteiger partial charge in [-0.1, -0.05) is 75.7 Å². The molecule has 3 aliphatic rings. The summed E-state index contributed by atoms with van der Waals surface area (Å²) in [6.45, 7) is 22.4. The van der Waals surface area contributed by atoms with Gasteiger partial charge in [-0.3, -0.25) is 43.2 Å². The minimum absolute atomic E-state index is 0.0883. The number of aliphatic hydroxyl groups excluding tert-OH is 2. The Morgan fingerprint density at radius 1 is 0.813 bits per heavy atom. The van der Waals surface area contributed by atoms with Crippen LogP contribution in [0.1, 0.15) is 154 Å². The van der Waals surface area contributed by atoms with E-state index in [1.165, 1.54) is 54.5 Å². The van der Waals surface area contributed by atoms with E-state index in [1.807, 2.05) is 48.5 Å². The number of likely N-dealkylation sites (tertiary alicyclic amines) is 1. The molecular weight excluding hydrogens is 971 g/mol. The fraction of sp³-hybridized carbons (Fsp3) is 0.815. The van der Waals surface area contributed by atoms with Gasteiger partial charge in [-0.05, 0) is 102 Å². The molecule has 0 bridgehead atoms. The number of carbonyl (C=O) groups excluding carboxylic acids is 10. The van der Waals surface area contributed by atoms with E-state index in [2.05, 4.69) is 16.0 Å². The zero-order valence-electron chi connectivity index (χ0n) is 47.4. The highest BCUT2D eigenvalue weighted by Crippen LogP contribution is 2.27. The standard InChI is InChI=1S/C54H91N7O14/c1-16-19-32(10)43-41(63)27-42(64)75-46(31(8)9)45(65)33(11)47(66)55-36(24-28(2)3)51(70)61-23-18-21-38(61)53(72)59(15)40(26-30(6)7)54(73)74-35(13)44(49(68)56-43)57-48(67)39(25-29(4)5)58(14)52(71)37-20-17-22-60(37)50(69)34(12)62/h28-41,43-44,46,62-63H,16-27H2,1-15H3,(H,55,66)(H,56,68)(H,57,67). The second-order valence-corrected chi connectivity index (χ2v) is 22.9. The van der Waals surface area contributed by atoms with E-state index in [4.69, 9.17) is 9.47 Å². The molecule has 7 amide bonds. The van der Waals surface area contributed by atoms with Gasteiger partial charge in [0.2, 0.25) is 35.4 Å². The van der Waals surface area contributed by atoms with Gasteiger partial charge in [-0.15, -0.1) is 0 Å². The first-order chi connectivity index (χ1) is 34.9. The molecule has 0 saturated carbocycles. The van der Waals surface area contributed by atoms with Crippen LogP contribution in [0, 0.1) is 35.5 Å². The lowest BCUT2D eigenvalue weighted by Gasteiger charge is -2.37. The average molecular weight is 1060 g/mol. The Morgan fingerprint density at radius 2 is 1.43 bits per heavy atom. The van der Waals surface area contributed by atoms with E-state index in [-0.39, 0.29) is 62.9 Å². The minimum atomic E-state index is -1.72. The highest BCUT2D eigenvalue weighted by atomic mass is 16.6. The van der Waals surface area contributed by atoms with Crippen molar-refractivity contribution in [1.29, 1.82) is 0 Å². The lowest BCUT2D eigenvalue weighted by Crippen LogP contribution is -2.62. The van der Waals surface area contributed by atoms with Crippen molar-refractivity contribution in [2.75, 3.05) is 27.2 Å². The first-order valence-electron chi connectivity index (χ1n) is 27.3. The average Bonchev–Trinajstić information content (AvgIpc) is 4.03. The molecule has 21 nitrogen and oxygen atoms in total. The number of rotatable bonds is 15. The van der Waals surface area contributed by atoms with E-state index in [9.17, 15) is 58.2 Å². The Bertz CT molecular complexity index is 2030. The smallest absolute Gasteiger partial charge is 0.329 e. The Balaban J connectivity index is 2.23. The summed E-state index contributed by atoms with van der Waals surface area (Å²) in [7, 11) is 2.84. The number of nitrogens with one attached hydrogen (secondary N) is 3. The molecule has 0 aromatic rings. The number of likely N-dealkylation sites (N-methyl/N-ethyl adjacent to an activating group) is 2. The maximum absolute atomic E-state index is 14.9. The fourth-order valence-electron chi connectivity index (χ4n) is 10.4. The molecule has 13 unspecified atom stereocenters. The third kappa shape index (κ3) is 17.2. The van der Waals surface area contributed by atoms with Crippen molar-refractivity contribution >= 4 is 59.1 Å². The number of Topliss-reactive ketones (excluding diaryl/α,β-unsaturated/α-hetero) is 1. The normalized spacial score (nSPS) is 28.7. The van der Waals surface area contributed by atoms with Crippen molar-refractivity contribution in [2.45, 2.75) is 221 Å². The van der Waals surface area contributed by atoms with Gasteiger partial charge in [-0.25, -0.2) is 4.79 Å². The third-order valence-corrected chi connectivity index (χ3v) is 14.7. The monoisotopic (exact) mass is 1060 g/mol. The zero-order chi connectivity index (χ0) is 56.9. The molecule has 3 aliphatic heterocycles. The number of aliphatic hydroxyl groups is 2. The highest BCUT2D eigenvalue weighted by molar-refractivity contribution is 6.05. The van der Waals surface area contributed by atoms with Crippen LogP contribution in [-0.2, 0) is 57.4 Å². The van der Waals surface area contributed by atoms with Gasteiger partial charge in [0.15, 0.2) is 11.9 Å². The molecule has 0 aromatic heterocycles. The van der Waals surface area contributed by atoms with Gasteiger partial charge in [0.25, 0.3) is 5.91 Å². The summed E-state index contributed by atoms with van der Waals surface area (Å²) in [4.78, 5) is 147. The maximum Gasteiger partial charge on any atom is 0.329 e. The van der Waals surface area contributed by atoms with Gasteiger partial charge < -0.3 is 55.2 Å². The van der Waals surface area contributed by atoms with Crippen LogP contribution in [0.4, 0.5) is 0 Å². The fourth-order valence-corrected chi connectivity index (χ4v) is 10.4. The number of ether oxygens (including phenoxy) is 2. The van der Waals surface area contributed by atoms with Crippen molar-refractivity contribution in [3.8, 4) is 0 Å². The molecule has 0 aliphatic carbocycles. The largest absolute Gasteiger partial charge is 0.458 e. The van der Waals surface area contributed by atoms with Crippen molar-refractivity contribution in [3.05, 3.63) is 0 Å². The van der Waals surface area contributed by atoms with Crippen LogP contribution in [0.2, 0.25) is 0 Å². The maximum atomic E-state index is 14.9. The number of cyclic esters (lactones) is 2. The third-order valence-electron chi connectivity index (χ3n) is 14.7. The van der Waals surface area contributed by atoms with E-state index < -0.39 is 150 Å². The van der Waals surface area contributed by atoms with E-state index in [1.54, 1.807) is 20.8 Å². The molecule has 3 saturated heterocycles. The second-order valence-electron chi connectivity index (χ2n) is 22.9. The number of ketones is 1. The molecule has 5 N–H and O–H groups in total. The molecule has 0 spiro atoms. The van der Waals surface area contributed by atoms with Crippen molar-refractivity contribution in [2.24, 2.45) is 35.5 Å². The Hall–Kier alpha value is -5.18. The lowest BCUT2D eigenvalue weighted by molar-refractivity contribution is -0.163. The molecule has 13 atom stereocenters. The molecular formula is C54H91N7O14. The van der Waals surface area contributed by atoms with Crippen LogP contribution in [0.25, 0.3) is 0 Å². The lowest BCUT2D eigenvalue weighted by atomic mass is 9.90. The molecule has 3 rings (SSSR count). The summed E-state index contributed by atoms with van der Waals surface area (Å²) in [5, 5.41) is 30.3. The predicted octanol–water partition coefficient (Wildman–Crippen LogP) is 2.50. The van der Waals surface area contributed by atoms with Crippen LogP contribution >= 0.6 is 0 Å². The summed E-state index contributed by atoms with van der Waals surface area (Å²) >= 11 is 0. The molecule has 0 radical (unpaired) electrons. The molecule has 75 heavy (non-hydrogen) atoms. The second kappa shape index (κ2) is 28.8.